The van der Waals surface area contributed by atoms with Gasteiger partial charge in [0.2, 0.25) is 0 Å². The fourth-order valence-corrected chi connectivity index (χ4v) is 2.51. The SMILES string of the molecule is CCCC(C)(C)NC1CCC(N)CC1. The quantitative estimate of drug-likeness (QED) is 0.728. The standard InChI is InChI=1S/C12H26N2/c1-4-9-12(2,3)14-11-7-5-10(13)6-8-11/h10-11,14H,4-9,13H2,1-3H3. The number of hydrogen-bond acceptors (Lipinski definition) is 2. The van der Waals surface area contributed by atoms with Crippen LogP contribution in [0.3, 0.4) is 0 Å². The summed E-state index contributed by atoms with van der Waals surface area (Å²) in [7, 11) is 0. The molecule has 0 saturated heterocycles. The van der Waals surface area contributed by atoms with Gasteiger partial charge in [0.1, 0.15) is 0 Å². The third-order valence-electron chi connectivity index (χ3n) is 3.24. The Morgan fingerprint density at radius 2 is 1.79 bits per heavy atom. The Hall–Kier alpha value is -0.0800. The van der Waals surface area contributed by atoms with Gasteiger partial charge in [0.25, 0.3) is 0 Å². The van der Waals surface area contributed by atoms with Crippen LogP contribution in [0.2, 0.25) is 0 Å². The van der Waals surface area contributed by atoms with E-state index >= 15 is 0 Å². The van der Waals surface area contributed by atoms with E-state index in [1.165, 1.54) is 38.5 Å². The van der Waals surface area contributed by atoms with Gasteiger partial charge in [-0.25, -0.2) is 0 Å². The van der Waals surface area contributed by atoms with Crippen LogP contribution in [0.1, 0.15) is 59.3 Å². The van der Waals surface area contributed by atoms with Crippen molar-refractivity contribution in [3.8, 4) is 0 Å². The van der Waals surface area contributed by atoms with Crippen LogP contribution < -0.4 is 11.1 Å². The van der Waals surface area contributed by atoms with Crippen molar-refractivity contribution in [2.24, 2.45) is 5.73 Å². The molecule has 0 aliphatic heterocycles. The van der Waals surface area contributed by atoms with Crippen LogP contribution >= 0.6 is 0 Å². The summed E-state index contributed by atoms with van der Waals surface area (Å²) in [5, 5.41) is 3.76. The second-order valence-corrected chi connectivity index (χ2v) is 5.39. The summed E-state index contributed by atoms with van der Waals surface area (Å²) in [6, 6.07) is 1.17. The van der Waals surface area contributed by atoms with Gasteiger partial charge in [-0.3, -0.25) is 0 Å². The van der Waals surface area contributed by atoms with Gasteiger partial charge in [-0.1, -0.05) is 13.3 Å². The molecule has 1 aliphatic rings. The maximum absolute atomic E-state index is 5.89. The van der Waals surface area contributed by atoms with Gasteiger partial charge in [0, 0.05) is 17.6 Å². The zero-order valence-corrected chi connectivity index (χ0v) is 9.97. The molecule has 1 rings (SSSR count). The second-order valence-electron chi connectivity index (χ2n) is 5.39. The normalized spacial score (nSPS) is 29.1. The zero-order valence-electron chi connectivity index (χ0n) is 9.97. The van der Waals surface area contributed by atoms with E-state index in [4.69, 9.17) is 5.73 Å². The van der Waals surface area contributed by atoms with Crippen LogP contribution in [0, 0.1) is 0 Å². The lowest BCUT2D eigenvalue weighted by Gasteiger charge is -2.35. The van der Waals surface area contributed by atoms with Crippen molar-refractivity contribution >= 4 is 0 Å². The van der Waals surface area contributed by atoms with Gasteiger partial charge in [-0.05, 0) is 46.0 Å². The first-order valence-corrected chi connectivity index (χ1v) is 6.07. The molecule has 0 bridgehead atoms. The topological polar surface area (TPSA) is 38.0 Å². The van der Waals surface area contributed by atoms with Crippen LogP contribution in [0.4, 0.5) is 0 Å². The molecule has 1 saturated carbocycles. The van der Waals surface area contributed by atoms with E-state index in [-0.39, 0.29) is 0 Å². The fraction of sp³-hybridized carbons (Fsp3) is 1.00. The van der Waals surface area contributed by atoms with Crippen LogP contribution in [0.15, 0.2) is 0 Å². The molecule has 0 unspecified atom stereocenters. The molecule has 1 fully saturated rings. The van der Waals surface area contributed by atoms with Crippen LogP contribution in [-0.2, 0) is 0 Å². The third-order valence-corrected chi connectivity index (χ3v) is 3.24. The molecule has 0 amide bonds. The van der Waals surface area contributed by atoms with E-state index in [9.17, 15) is 0 Å². The Labute approximate surface area is 88.6 Å². The lowest BCUT2D eigenvalue weighted by molar-refractivity contribution is 0.255. The third kappa shape index (κ3) is 3.97. The van der Waals surface area contributed by atoms with Crippen molar-refractivity contribution in [3.05, 3.63) is 0 Å². The van der Waals surface area contributed by atoms with Crippen LogP contribution in [0.25, 0.3) is 0 Å². The first kappa shape index (κ1) is 12.0. The smallest absolute Gasteiger partial charge is 0.0127 e. The summed E-state index contributed by atoms with van der Waals surface area (Å²) in [6.07, 6.45) is 7.42. The molecule has 84 valence electrons. The molecule has 3 N–H and O–H groups in total. The van der Waals surface area contributed by atoms with E-state index in [2.05, 4.69) is 26.1 Å². The molecule has 0 spiro atoms. The van der Waals surface area contributed by atoms with Gasteiger partial charge >= 0.3 is 0 Å². The van der Waals surface area contributed by atoms with E-state index in [1.807, 2.05) is 0 Å². The molecular formula is C12H26N2. The maximum Gasteiger partial charge on any atom is 0.0127 e. The summed E-state index contributed by atoms with van der Waals surface area (Å²) in [6.45, 7) is 6.87. The van der Waals surface area contributed by atoms with Crippen LogP contribution in [-0.4, -0.2) is 17.6 Å². The highest BCUT2D eigenvalue weighted by molar-refractivity contribution is 4.86. The molecule has 0 heterocycles. The van der Waals surface area contributed by atoms with Crippen molar-refractivity contribution in [1.82, 2.24) is 5.32 Å². The lowest BCUT2D eigenvalue weighted by Crippen LogP contribution is -2.48. The van der Waals surface area contributed by atoms with Gasteiger partial charge in [-0.15, -0.1) is 0 Å². The molecule has 0 aromatic rings. The Kier molecular flexibility index (Phi) is 4.39. The highest BCUT2D eigenvalue weighted by Gasteiger charge is 2.24. The molecule has 2 nitrogen and oxygen atoms in total. The monoisotopic (exact) mass is 198 g/mol. The number of nitrogens with two attached hydrogens (primary N) is 1. The first-order valence-electron chi connectivity index (χ1n) is 6.07. The minimum Gasteiger partial charge on any atom is -0.328 e. The maximum atomic E-state index is 5.89. The molecular weight excluding hydrogens is 172 g/mol. The summed E-state index contributed by atoms with van der Waals surface area (Å²) < 4.78 is 0. The minimum absolute atomic E-state index is 0.306. The molecule has 14 heavy (non-hydrogen) atoms. The zero-order chi connectivity index (χ0) is 10.6. The molecule has 0 radical (unpaired) electrons. The van der Waals surface area contributed by atoms with Gasteiger partial charge in [-0.2, -0.15) is 0 Å². The van der Waals surface area contributed by atoms with Gasteiger partial charge < -0.3 is 11.1 Å². The molecule has 0 aromatic carbocycles. The summed E-state index contributed by atoms with van der Waals surface area (Å²) >= 11 is 0. The Morgan fingerprint density at radius 1 is 1.21 bits per heavy atom. The minimum atomic E-state index is 0.306. The Bertz CT molecular complexity index is 158. The highest BCUT2D eigenvalue weighted by atomic mass is 15.0. The van der Waals surface area contributed by atoms with Gasteiger partial charge in [0.05, 0.1) is 0 Å². The van der Waals surface area contributed by atoms with Crippen molar-refractivity contribution < 1.29 is 0 Å². The van der Waals surface area contributed by atoms with E-state index < -0.39 is 0 Å². The molecule has 1 aliphatic carbocycles. The molecule has 0 atom stereocenters. The van der Waals surface area contributed by atoms with E-state index in [1.54, 1.807) is 0 Å². The summed E-state index contributed by atoms with van der Waals surface area (Å²) in [5.74, 6) is 0. The summed E-state index contributed by atoms with van der Waals surface area (Å²) in [5.41, 5.74) is 6.20. The Balaban J connectivity index is 2.29. The van der Waals surface area contributed by atoms with Crippen molar-refractivity contribution in [2.75, 3.05) is 0 Å². The predicted molar refractivity (Wildman–Crippen MR) is 62.4 cm³/mol. The van der Waals surface area contributed by atoms with Crippen molar-refractivity contribution in [3.63, 3.8) is 0 Å². The average Bonchev–Trinajstić information content (AvgIpc) is 2.08. The second kappa shape index (κ2) is 5.13. The van der Waals surface area contributed by atoms with E-state index in [0.29, 0.717) is 17.6 Å². The fourth-order valence-electron chi connectivity index (χ4n) is 2.51. The largest absolute Gasteiger partial charge is 0.328 e. The summed E-state index contributed by atoms with van der Waals surface area (Å²) in [4.78, 5) is 0. The number of rotatable bonds is 4. The number of nitrogens with one attached hydrogen (secondary N) is 1. The molecule has 2 heteroatoms. The Morgan fingerprint density at radius 3 is 2.29 bits per heavy atom. The van der Waals surface area contributed by atoms with E-state index in [0.717, 1.165) is 0 Å². The van der Waals surface area contributed by atoms with Gasteiger partial charge in [0.15, 0.2) is 0 Å². The van der Waals surface area contributed by atoms with Crippen molar-refractivity contribution in [1.29, 1.82) is 0 Å². The number of hydrogen-bond donors (Lipinski definition) is 2. The van der Waals surface area contributed by atoms with Crippen LogP contribution in [0.5, 0.6) is 0 Å². The molecule has 0 aromatic heterocycles. The predicted octanol–water partition coefficient (Wildman–Crippen LogP) is 2.42. The average molecular weight is 198 g/mol. The first-order chi connectivity index (χ1) is 6.53. The highest BCUT2D eigenvalue weighted by Crippen LogP contribution is 2.21. The van der Waals surface area contributed by atoms with Crippen molar-refractivity contribution in [2.45, 2.75) is 76.9 Å². The lowest BCUT2D eigenvalue weighted by atomic mass is 9.88.